The fourth-order valence-electron chi connectivity index (χ4n) is 2.09. The zero-order valence-corrected chi connectivity index (χ0v) is 10.8. The minimum Gasteiger partial charge on any atom is -0.493 e. The van der Waals surface area contributed by atoms with Gasteiger partial charge < -0.3 is 24.4 Å². The Morgan fingerprint density at radius 2 is 2.21 bits per heavy atom. The zero-order valence-electron chi connectivity index (χ0n) is 10.8. The van der Waals surface area contributed by atoms with Gasteiger partial charge in [0.1, 0.15) is 0 Å². The van der Waals surface area contributed by atoms with E-state index >= 15 is 0 Å². The second-order valence-corrected chi connectivity index (χ2v) is 4.25. The van der Waals surface area contributed by atoms with Crippen LogP contribution < -0.4 is 14.2 Å². The zero-order chi connectivity index (χ0) is 14.0. The summed E-state index contributed by atoms with van der Waals surface area (Å²) in [6, 6.07) is 3.16. The number of hydrogen-bond acceptors (Lipinski definition) is 5. The van der Waals surface area contributed by atoms with E-state index in [1.807, 2.05) is 0 Å². The molecule has 2 unspecified atom stereocenters. The van der Waals surface area contributed by atoms with Gasteiger partial charge in [0.15, 0.2) is 11.5 Å². The van der Waals surface area contributed by atoms with Crippen LogP contribution >= 0.6 is 0 Å². The maximum Gasteiger partial charge on any atom is 0.309 e. The van der Waals surface area contributed by atoms with E-state index in [0.29, 0.717) is 29.2 Å². The SMILES string of the molecule is CCC(C(=O)O)C(O)c1cc(OC)c2c(c1)OCO2. The van der Waals surface area contributed by atoms with E-state index in [1.165, 1.54) is 7.11 Å². The number of methoxy groups -OCH3 is 1. The largest absolute Gasteiger partial charge is 0.493 e. The Bertz CT molecular complexity index is 484. The second-order valence-electron chi connectivity index (χ2n) is 4.25. The number of aliphatic carboxylic acids is 1. The van der Waals surface area contributed by atoms with E-state index in [9.17, 15) is 9.90 Å². The van der Waals surface area contributed by atoms with Gasteiger partial charge in [-0.3, -0.25) is 4.79 Å². The number of aliphatic hydroxyl groups excluding tert-OH is 1. The monoisotopic (exact) mass is 268 g/mol. The van der Waals surface area contributed by atoms with Crippen molar-refractivity contribution in [3.05, 3.63) is 17.7 Å². The fourth-order valence-corrected chi connectivity index (χ4v) is 2.09. The molecular weight excluding hydrogens is 252 g/mol. The first kappa shape index (κ1) is 13.5. The van der Waals surface area contributed by atoms with Crippen molar-refractivity contribution < 1.29 is 29.2 Å². The van der Waals surface area contributed by atoms with Gasteiger partial charge in [-0.15, -0.1) is 0 Å². The van der Waals surface area contributed by atoms with E-state index in [1.54, 1.807) is 19.1 Å². The maximum atomic E-state index is 11.1. The molecule has 0 spiro atoms. The molecule has 1 heterocycles. The van der Waals surface area contributed by atoms with Crippen molar-refractivity contribution >= 4 is 5.97 Å². The van der Waals surface area contributed by atoms with Crippen LogP contribution in [0, 0.1) is 5.92 Å². The summed E-state index contributed by atoms with van der Waals surface area (Å²) < 4.78 is 15.6. The lowest BCUT2D eigenvalue weighted by Crippen LogP contribution is -2.21. The number of aliphatic hydroxyl groups is 1. The molecular formula is C13H16O6. The lowest BCUT2D eigenvalue weighted by atomic mass is 9.93. The quantitative estimate of drug-likeness (QED) is 0.843. The Kier molecular flexibility index (Phi) is 3.80. The fraction of sp³-hybridized carbons (Fsp3) is 0.462. The van der Waals surface area contributed by atoms with E-state index in [4.69, 9.17) is 19.3 Å². The molecule has 104 valence electrons. The van der Waals surface area contributed by atoms with Crippen molar-refractivity contribution in [2.75, 3.05) is 13.9 Å². The van der Waals surface area contributed by atoms with Crippen LogP contribution in [0.25, 0.3) is 0 Å². The van der Waals surface area contributed by atoms with Crippen molar-refractivity contribution in [1.29, 1.82) is 0 Å². The van der Waals surface area contributed by atoms with Crippen LogP contribution in [-0.2, 0) is 4.79 Å². The third-order valence-electron chi connectivity index (χ3n) is 3.16. The van der Waals surface area contributed by atoms with Crippen LogP contribution in [0.1, 0.15) is 25.0 Å². The van der Waals surface area contributed by atoms with Crippen molar-refractivity contribution in [2.24, 2.45) is 5.92 Å². The van der Waals surface area contributed by atoms with Crippen LogP contribution in [0.2, 0.25) is 0 Å². The topological polar surface area (TPSA) is 85.2 Å². The summed E-state index contributed by atoms with van der Waals surface area (Å²) in [6.45, 7) is 1.80. The summed E-state index contributed by atoms with van der Waals surface area (Å²) >= 11 is 0. The Morgan fingerprint density at radius 3 is 2.79 bits per heavy atom. The van der Waals surface area contributed by atoms with Crippen LogP contribution in [-0.4, -0.2) is 30.1 Å². The predicted molar refractivity (Wildman–Crippen MR) is 65.5 cm³/mol. The van der Waals surface area contributed by atoms with Crippen LogP contribution in [0.15, 0.2) is 12.1 Å². The molecule has 0 radical (unpaired) electrons. The molecule has 2 N–H and O–H groups in total. The van der Waals surface area contributed by atoms with Gasteiger partial charge in [-0.05, 0) is 24.1 Å². The maximum absolute atomic E-state index is 11.1. The van der Waals surface area contributed by atoms with Crippen molar-refractivity contribution in [2.45, 2.75) is 19.4 Å². The number of rotatable bonds is 5. The summed E-state index contributed by atoms with van der Waals surface area (Å²) in [7, 11) is 1.47. The first-order valence-electron chi connectivity index (χ1n) is 5.96. The molecule has 0 aliphatic carbocycles. The number of carbonyl (C=O) groups is 1. The summed E-state index contributed by atoms with van der Waals surface area (Å²) in [5, 5.41) is 19.2. The lowest BCUT2D eigenvalue weighted by Gasteiger charge is -2.19. The molecule has 6 nitrogen and oxygen atoms in total. The summed E-state index contributed by atoms with van der Waals surface area (Å²) in [5.74, 6) is -0.559. The Morgan fingerprint density at radius 1 is 1.47 bits per heavy atom. The highest BCUT2D eigenvalue weighted by Crippen LogP contribution is 2.44. The van der Waals surface area contributed by atoms with E-state index in [-0.39, 0.29) is 6.79 Å². The molecule has 0 bridgehead atoms. The highest BCUT2D eigenvalue weighted by atomic mass is 16.7. The molecule has 0 amide bonds. The van der Waals surface area contributed by atoms with Crippen LogP contribution in [0.4, 0.5) is 0 Å². The Hall–Kier alpha value is -1.95. The summed E-state index contributed by atoms with van der Waals surface area (Å²) in [5.41, 5.74) is 0.440. The smallest absolute Gasteiger partial charge is 0.309 e. The molecule has 1 aromatic carbocycles. The lowest BCUT2D eigenvalue weighted by molar-refractivity contribution is -0.146. The molecule has 6 heteroatoms. The number of ether oxygens (including phenoxy) is 3. The van der Waals surface area contributed by atoms with Crippen molar-refractivity contribution in [1.82, 2.24) is 0 Å². The van der Waals surface area contributed by atoms with Gasteiger partial charge in [0.25, 0.3) is 0 Å². The van der Waals surface area contributed by atoms with E-state index in [2.05, 4.69) is 0 Å². The van der Waals surface area contributed by atoms with Gasteiger partial charge in [0, 0.05) is 0 Å². The van der Waals surface area contributed by atoms with Gasteiger partial charge in [-0.1, -0.05) is 6.92 Å². The molecule has 19 heavy (non-hydrogen) atoms. The molecule has 0 fully saturated rings. The Labute approximate surface area is 110 Å². The van der Waals surface area contributed by atoms with Crippen LogP contribution in [0.3, 0.4) is 0 Å². The highest BCUT2D eigenvalue weighted by Gasteiger charge is 2.29. The predicted octanol–water partition coefficient (Wildman–Crippen LogP) is 1.57. The molecule has 2 atom stereocenters. The molecule has 2 rings (SSSR count). The minimum atomic E-state index is -1.12. The van der Waals surface area contributed by atoms with E-state index < -0.39 is 18.0 Å². The number of fused-ring (bicyclic) bond motifs is 1. The molecule has 0 saturated carbocycles. The standard InChI is InChI=1S/C13H16O6/c1-3-8(13(15)16)11(14)7-4-9(17-2)12-10(5-7)18-6-19-12/h4-5,8,11,14H,3,6H2,1-2H3,(H,15,16). The van der Waals surface area contributed by atoms with Crippen molar-refractivity contribution in [3.8, 4) is 17.2 Å². The van der Waals surface area contributed by atoms with E-state index in [0.717, 1.165) is 0 Å². The van der Waals surface area contributed by atoms with Gasteiger partial charge in [0.2, 0.25) is 12.5 Å². The average molecular weight is 268 g/mol. The third-order valence-corrected chi connectivity index (χ3v) is 3.16. The van der Waals surface area contributed by atoms with Crippen molar-refractivity contribution in [3.63, 3.8) is 0 Å². The van der Waals surface area contributed by atoms with Gasteiger partial charge in [0.05, 0.1) is 19.1 Å². The Balaban J connectivity index is 2.37. The van der Waals surface area contributed by atoms with Gasteiger partial charge >= 0.3 is 5.97 Å². The number of carboxylic acid groups (broad SMARTS) is 1. The molecule has 1 aliphatic rings. The number of carboxylic acids is 1. The second kappa shape index (κ2) is 5.36. The van der Waals surface area contributed by atoms with Crippen LogP contribution in [0.5, 0.6) is 17.2 Å². The van der Waals surface area contributed by atoms with Gasteiger partial charge in [-0.25, -0.2) is 0 Å². The molecule has 0 saturated heterocycles. The number of hydrogen-bond donors (Lipinski definition) is 2. The normalized spacial score (nSPS) is 15.9. The molecule has 1 aliphatic heterocycles. The third kappa shape index (κ3) is 2.44. The number of benzene rings is 1. The molecule has 0 aromatic heterocycles. The highest BCUT2D eigenvalue weighted by molar-refractivity contribution is 5.71. The summed E-state index contributed by atoms with van der Waals surface area (Å²) in [6.07, 6.45) is -0.793. The first-order chi connectivity index (χ1) is 9.08. The summed E-state index contributed by atoms with van der Waals surface area (Å²) in [4.78, 5) is 11.1. The van der Waals surface area contributed by atoms with Gasteiger partial charge in [-0.2, -0.15) is 0 Å². The first-order valence-corrected chi connectivity index (χ1v) is 5.96. The molecule has 1 aromatic rings. The minimum absolute atomic E-state index is 0.0847. The average Bonchev–Trinajstić information content (AvgIpc) is 2.85.